The Bertz CT molecular complexity index is 1370. The number of carbonyl (C=O) groups is 2. The highest BCUT2D eigenvalue weighted by Gasteiger charge is 2.34. The van der Waals surface area contributed by atoms with Crippen LogP contribution in [-0.2, 0) is 26.2 Å². The molecule has 1 N–H and O–H groups in total. The van der Waals surface area contributed by atoms with Crippen molar-refractivity contribution in [2.24, 2.45) is 0 Å². The van der Waals surface area contributed by atoms with Crippen LogP contribution in [0.25, 0.3) is 0 Å². The number of hydrogen-bond donors (Lipinski definition) is 1. The van der Waals surface area contributed by atoms with Crippen LogP contribution in [0.1, 0.15) is 25.8 Å². The molecule has 0 radical (unpaired) electrons. The minimum absolute atomic E-state index is 0.0192. The van der Waals surface area contributed by atoms with Crippen LogP contribution in [0.4, 0.5) is 5.69 Å². The number of rotatable bonds is 12. The molecular weight excluding hydrogens is 561 g/mol. The molecule has 0 bridgehead atoms. The first kappa shape index (κ1) is 30.3. The molecule has 0 heterocycles. The van der Waals surface area contributed by atoms with Gasteiger partial charge in [0.05, 0.1) is 17.2 Å². The number of amides is 2. The predicted molar refractivity (Wildman–Crippen MR) is 154 cm³/mol. The molecule has 3 aromatic rings. The summed E-state index contributed by atoms with van der Waals surface area (Å²) in [5.41, 5.74) is 0.717. The number of hydrogen-bond acceptors (Lipinski definition) is 5. The molecule has 0 aliphatic rings. The minimum atomic E-state index is -4.16. The van der Waals surface area contributed by atoms with Crippen molar-refractivity contribution in [1.82, 2.24) is 10.2 Å². The molecule has 0 aromatic heterocycles. The van der Waals surface area contributed by atoms with Gasteiger partial charge < -0.3 is 15.0 Å². The zero-order valence-electron chi connectivity index (χ0n) is 21.9. The van der Waals surface area contributed by atoms with Gasteiger partial charge in [0.15, 0.2) is 0 Å². The normalized spacial score (nSPS) is 11.9. The molecule has 0 saturated carbocycles. The van der Waals surface area contributed by atoms with Crippen molar-refractivity contribution in [3.63, 3.8) is 0 Å². The van der Waals surface area contributed by atoms with Gasteiger partial charge in [-0.2, -0.15) is 0 Å². The van der Waals surface area contributed by atoms with Gasteiger partial charge in [-0.25, -0.2) is 8.42 Å². The molecule has 208 valence electrons. The summed E-state index contributed by atoms with van der Waals surface area (Å²) in [6.07, 6.45) is 0.280. The summed E-state index contributed by atoms with van der Waals surface area (Å²) in [4.78, 5) is 28.1. The van der Waals surface area contributed by atoms with Crippen molar-refractivity contribution in [2.45, 2.75) is 37.8 Å². The standard InChI is InChI=1S/C28H31Cl2N3O5S/c1-4-26(28(35)31-3)32(18-23-24(29)12-9-13-25(23)30)27(34)19-33(20-14-16-21(17-15-20)38-5-2)39(36,37)22-10-7-6-8-11-22/h6-17,26H,4-5,18-19H2,1-3H3,(H,31,35)/t26-/m0/s1. The van der Waals surface area contributed by atoms with Crippen molar-refractivity contribution in [1.29, 1.82) is 0 Å². The molecule has 2 amide bonds. The third kappa shape index (κ3) is 7.23. The SMILES string of the molecule is CCOc1ccc(N(CC(=O)N(Cc2c(Cl)cccc2Cl)[C@@H](CC)C(=O)NC)S(=O)(=O)c2ccccc2)cc1. The molecule has 3 aromatic carbocycles. The van der Waals surface area contributed by atoms with Crippen LogP contribution in [0.2, 0.25) is 10.0 Å². The Labute approximate surface area is 239 Å². The minimum Gasteiger partial charge on any atom is -0.494 e. The van der Waals surface area contributed by atoms with E-state index >= 15 is 0 Å². The number of halogens is 2. The van der Waals surface area contributed by atoms with Crippen molar-refractivity contribution >= 4 is 50.7 Å². The van der Waals surface area contributed by atoms with Crippen LogP contribution in [-0.4, -0.2) is 51.4 Å². The van der Waals surface area contributed by atoms with E-state index in [2.05, 4.69) is 5.32 Å². The van der Waals surface area contributed by atoms with Gasteiger partial charge in [-0.3, -0.25) is 13.9 Å². The molecule has 1 atom stereocenters. The second-order valence-electron chi connectivity index (χ2n) is 8.51. The highest BCUT2D eigenvalue weighted by molar-refractivity contribution is 7.92. The third-order valence-electron chi connectivity index (χ3n) is 6.07. The third-order valence-corrected chi connectivity index (χ3v) is 8.56. The summed E-state index contributed by atoms with van der Waals surface area (Å²) in [5.74, 6) is -0.437. The van der Waals surface area contributed by atoms with E-state index in [-0.39, 0.29) is 23.5 Å². The van der Waals surface area contributed by atoms with Gasteiger partial charge in [0.25, 0.3) is 10.0 Å². The molecule has 0 aliphatic carbocycles. The quantitative estimate of drug-likeness (QED) is 0.314. The summed E-state index contributed by atoms with van der Waals surface area (Å²) in [6.45, 7) is 3.39. The summed E-state index contributed by atoms with van der Waals surface area (Å²) >= 11 is 12.8. The van der Waals surface area contributed by atoms with Gasteiger partial charge in [0.1, 0.15) is 18.3 Å². The maximum absolute atomic E-state index is 14.0. The average molecular weight is 593 g/mol. The molecule has 0 fully saturated rings. The lowest BCUT2D eigenvalue weighted by Crippen LogP contribution is -2.51. The fraction of sp³-hybridized carbons (Fsp3) is 0.286. The number of sulfonamides is 1. The molecule has 0 unspecified atom stereocenters. The van der Waals surface area contributed by atoms with E-state index in [1.807, 2.05) is 6.92 Å². The van der Waals surface area contributed by atoms with Crippen molar-refractivity contribution < 1.29 is 22.7 Å². The lowest BCUT2D eigenvalue weighted by atomic mass is 10.1. The maximum atomic E-state index is 14.0. The van der Waals surface area contributed by atoms with E-state index in [0.29, 0.717) is 28.0 Å². The topological polar surface area (TPSA) is 96.0 Å². The molecular formula is C28H31Cl2N3O5S. The highest BCUT2D eigenvalue weighted by Crippen LogP contribution is 2.29. The monoisotopic (exact) mass is 591 g/mol. The first-order valence-corrected chi connectivity index (χ1v) is 14.6. The molecule has 0 saturated heterocycles. The smallest absolute Gasteiger partial charge is 0.264 e. The van der Waals surface area contributed by atoms with Crippen molar-refractivity contribution in [2.75, 3.05) is 24.5 Å². The maximum Gasteiger partial charge on any atom is 0.264 e. The van der Waals surface area contributed by atoms with Gasteiger partial charge in [-0.1, -0.05) is 54.4 Å². The number of carbonyl (C=O) groups excluding carboxylic acids is 2. The largest absolute Gasteiger partial charge is 0.494 e. The van der Waals surface area contributed by atoms with Gasteiger partial charge in [0.2, 0.25) is 11.8 Å². The molecule has 39 heavy (non-hydrogen) atoms. The molecule has 11 heteroatoms. The van der Waals surface area contributed by atoms with Crippen LogP contribution < -0.4 is 14.4 Å². The Morgan fingerprint density at radius 2 is 1.54 bits per heavy atom. The van der Waals surface area contributed by atoms with Crippen LogP contribution in [0.5, 0.6) is 5.75 Å². The molecule has 0 aliphatic heterocycles. The van der Waals surface area contributed by atoms with Crippen LogP contribution in [0, 0.1) is 0 Å². The fourth-order valence-electron chi connectivity index (χ4n) is 4.06. The zero-order chi connectivity index (χ0) is 28.6. The number of anilines is 1. The summed E-state index contributed by atoms with van der Waals surface area (Å²) in [6, 6.07) is 18.3. The number of nitrogens with one attached hydrogen (secondary N) is 1. The highest BCUT2D eigenvalue weighted by atomic mass is 35.5. The van der Waals surface area contributed by atoms with Gasteiger partial charge >= 0.3 is 0 Å². The summed E-state index contributed by atoms with van der Waals surface area (Å²) in [5, 5.41) is 3.23. The Balaban J connectivity index is 2.08. The van der Waals surface area contributed by atoms with Crippen LogP contribution in [0.3, 0.4) is 0 Å². The molecule has 8 nitrogen and oxygen atoms in total. The number of benzene rings is 3. The van der Waals surface area contributed by atoms with E-state index < -0.39 is 34.4 Å². The number of ether oxygens (including phenoxy) is 1. The van der Waals surface area contributed by atoms with Crippen molar-refractivity contribution in [3.8, 4) is 5.75 Å². The molecule has 3 rings (SSSR count). The predicted octanol–water partition coefficient (Wildman–Crippen LogP) is 5.14. The Morgan fingerprint density at radius 3 is 2.08 bits per heavy atom. The van der Waals surface area contributed by atoms with Gasteiger partial charge in [0, 0.05) is 29.2 Å². The van der Waals surface area contributed by atoms with E-state index in [1.165, 1.54) is 24.1 Å². The number of nitrogens with zero attached hydrogens (tertiary/aromatic N) is 2. The van der Waals surface area contributed by atoms with Gasteiger partial charge in [-0.15, -0.1) is 0 Å². The lowest BCUT2D eigenvalue weighted by molar-refractivity contribution is -0.140. The lowest BCUT2D eigenvalue weighted by Gasteiger charge is -2.33. The average Bonchev–Trinajstić information content (AvgIpc) is 2.94. The first-order chi connectivity index (χ1) is 18.6. The van der Waals surface area contributed by atoms with E-state index in [4.69, 9.17) is 27.9 Å². The Morgan fingerprint density at radius 1 is 0.923 bits per heavy atom. The van der Waals surface area contributed by atoms with Gasteiger partial charge in [-0.05, 0) is 61.9 Å². The van der Waals surface area contributed by atoms with E-state index in [0.717, 1.165) is 4.31 Å². The van der Waals surface area contributed by atoms with Crippen LogP contribution >= 0.6 is 23.2 Å². The zero-order valence-corrected chi connectivity index (χ0v) is 24.3. The number of likely N-dealkylation sites (N-methyl/N-ethyl adjacent to an activating group) is 1. The van der Waals surface area contributed by atoms with Crippen LogP contribution in [0.15, 0.2) is 77.7 Å². The second kappa shape index (κ2) is 13.7. The Hall–Kier alpha value is -3.27. The first-order valence-electron chi connectivity index (χ1n) is 12.4. The van der Waals surface area contributed by atoms with E-state index in [1.54, 1.807) is 67.6 Å². The van der Waals surface area contributed by atoms with E-state index in [9.17, 15) is 18.0 Å². The summed E-state index contributed by atoms with van der Waals surface area (Å²) in [7, 11) is -2.69. The molecule has 0 spiro atoms. The van der Waals surface area contributed by atoms with Crippen molar-refractivity contribution in [3.05, 3.63) is 88.4 Å². The second-order valence-corrected chi connectivity index (χ2v) is 11.2. The summed E-state index contributed by atoms with van der Waals surface area (Å²) < 4.78 is 34.1. The Kier molecular flexibility index (Phi) is 10.6. The fourth-order valence-corrected chi connectivity index (χ4v) is 6.02.